The molecule has 0 unspecified atom stereocenters. The highest BCUT2D eigenvalue weighted by Gasteiger charge is 2.37. The van der Waals surface area contributed by atoms with Crippen molar-refractivity contribution in [1.29, 1.82) is 0 Å². The van der Waals surface area contributed by atoms with Crippen molar-refractivity contribution in [3.8, 4) is 5.88 Å². The molecule has 2 aliphatic rings. The van der Waals surface area contributed by atoms with Crippen molar-refractivity contribution >= 4 is 41.0 Å². The molecule has 0 radical (unpaired) electrons. The number of pyridine rings is 1. The van der Waals surface area contributed by atoms with E-state index >= 15 is 0 Å². The van der Waals surface area contributed by atoms with Gasteiger partial charge in [-0.15, -0.1) is 4.37 Å². The third kappa shape index (κ3) is 8.73. The highest BCUT2D eigenvalue weighted by atomic mass is 32.1. The Kier molecular flexibility index (Phi) is 10.1. The Morgan fingerprint density at radius 1 is 0.891 bits per heavy atom. The fourth-order valence-corrected chi connectivity index (χ4v) is 5.26. The Labute approximate surface area is 262 Å². The molecule has 0 bridgehead atoms. The molecule has 1 aromatic carbocycles. The van der Waals surface area contributed by atoms with E-state index in [4.69, 9.17) is 9.47 Å². The largest absolute Gasteiger partial charge is 0.470 e. The van der Waals surface area contributed by atoms with Gasteiger partial charge in [0.25, 0.3) is 5.88 Å². The number of hydrogen-bond acceptors (Lipinski definition) is 10. The number of carbonyl (C=O) groups is 2. The van der Waals surface area contributed by atoms with Gasteiger partial charge in [0, 0.05) is 51.2 Å². The van der Waals surface area contributed by atoms with Gasteiger partial charge in [-0.25, -0.2) is 9.78 Å². The highest BCUT2D eigenvalue weighted by molar-refractivity contribution is 6.99. The number of urea groups is 1. The van der Waals surface area contributed by atoms with Crippen LogP contribution >= 0.6 is 11.7 Å². The van der Waals surface area contributed by atoms with E-state index in [9.17, 15) is 35.9 Å². The van der Waals surface area contributed by atoms with Crippen LogP contribution in [0.3, 0.4) is 0 Å². The molecule has 5 rings (SSSR count). The SMILES string of the molecule is O=C(CN1CCOCC1)Nc1cc(COc2nsnc2N2CCN(C(=O)Nc3cc(C(F)(F)F)cc(C(F)(F)F)c3)CC2)ccn1. The number of nitrogens with one attached hydrogen (secondary N) is 2. The molecule has 3 aromatic rings. The summed E-state index contributed by atoms with van der Waals surface area (Å²) >= 11 is 0.912. The molecular weight excluding hydrogens is 646 g/mol. The second kappa shape index (κ2) is 14.0. The lowest BCUT2D eigenvalue weighted by Crippen LogP contribution is -2.50. The van der Waals surface area contributed by atoms with Crippen molar-refractivity contribution in [3.05, 3.63) is 53.2 Å². The number of carbonyl (C=O) groups excluding carboxylic acids is 2. The van der Waals surface area contributed by atoms with Gasteiger partial charge in [-0.3, -0.25) is 9.69 Å². The summed E-state index contributed by atoms with van der Waals surface area (Å²) in [5, 5.41) is 4.93. The van der Waals surface area contributed by atoms with Crippen LogP contribution in [0.4, 0.5) is 48.5 Å². The molecule has 46 heavy (non-hydrogen) atoms. The van der Waals surface area contributed by atoms with E-state index in [0.29, 0.717) is 55.6 Å². The van der Waals surface area contributed by atoms with Crippen LogP contribution in [0.5, 0.6) is 5.88 Å². The average Bonchev–Trinajstić information content (AvgIpc) is 3.48. The number of piperazine rings is 1. The maximum atomic E-state index is 13.2. The maximum absolute atomic E-state index is 13.2. The molecule has 19 heteroatoms. The number of amides is 3. The lowest BCUT2D eigenvalue weighted by molar-refractivity contribution is -0.143. The van der Waals surface area contributed by atoms with Gasteiger partial charge in [0.2, 0.25) is 11.7 Å². The first-order chi connectivity index (χ1) is 21.8. The molecule has 0 saturated carbocycles. The van der Waals surface area contributed by atoms with Crippen LogP contribution in [0.25, 0.3) is 0 Å². The van der Waals surface area contributed by atoms with Crippen LogP contribution in [0.2, 0.25) is 0 Å². The lowest BCUT2D eigenvalue weighted by Gasteiger charge is -2.34. The topological polar surface area (TPSA) is 125 Å². The van der Waals surface area contributed by atoms with Gasteiger partial charge in [-0.2, -0.15) is 30.7 Å². The first-order valence-corrected chi connectivity index (χ1v) is 14.7. The highest BCUT2D eigenvalue weighted by Crippen LogP contribution is 2.37. The molecule has 2 aliphatic heterocycles. The summed E-state index contributed by atoms with van der Waals surface area (Å²) in [7, 11) is 0. The van der Waals surface area contributed by atoms with Crippen molar-refractivity contribution < 1.29 is 45.4 Å². The van der Waals surface area contributed by atoms with Crippen molar-refractivity contribution in [2.45, 2.75) is 19.0 Å². The van der Waals surface area contributed by atoms with Crippen LogP contribution in [0.1, 0.15) is 16.7 Å². The van der Waals surface area contributed by atoms with E-state index < -0.39 is 35.2 Å². The first-order valence-electron chi connectivity index (χ1n) is 14.0. The first kappa shape index (κ1) is 33.1. The summed E-state index contributed by atoms with van der Waals surface area (Å²) in [6.07, 6.45) is -8.53. The fourth-order valence-electron chi connectivity index (χ4n) is 4.74. The molecule has 3 amide bonds. The Hall–Kier alpha value is -4.23. The Morgan fingerprint density at radius 2 is 1.57 bits per heavy atom. The van der Waals surface area contributed by atoms with E-state index in [1.807, 2.05) is 4.90 Å². The van der Waals surface area contributed by atoms with Crippen LogP contribution in [0.15, 0.2) is 36.5 Å². The number of alkyl halides is 6. The van der Waals surface area contributed by atoms with Crippen LogP contribution in [0, 0.1) is 0 Å². The monoisotopic (exact) mass is 674 g/mol. The number of halogens is 6. The van der Waals surface area contributed by atoms with Crippen molar-refractivity contribution in [3.63, 3.8) is 0 Å². The molecule has 2 N–H and O–H groups in total. The minimum Gasteiger partial charge on any atom is -0.470 e. The number of rotatable bonds is 8. The molecule has 0 aliphatic carbocycles. The molecule has 2 aromatic heterocycles. The van der Waals surface area contributed by atoms with E-state index in [0.717, 1.165) is 11.7 Å². The summed E-state index contributed by atoms with van der Waals surface area (Å²) in [5.74, 6) is 0.824. The number of benzene rings is 1. The van der Waals surface area contributed by atoms with Gasteiger partial charge in [0.05, 0.1) is 42.6 Å². The third-order valence-electron chi connectivity index (χ3n) is 7.09. The van der Waals surface area contributed by atoms with Gasteiger partial charge in [-0.1, -0.05) is 0 Å². The Morgan fingerprint density at radius 3 is 2.22 bits per heavy atom. The zero-order valence-electron chi connectivity index (χ0n) is 24.0. The molecule has 0 spiro atoms. The van der Waals surface area contributed by atoms with Crippen LogP contribution in [-0.2, 0) is 28.5 Å². The predicted octanol–water partition coefficient (Wildman–Crippen LogP) is 4.17. The van der Waals surface area contributed by atoms with E-state index in [1.165, 1.54) is 11.1 Å². The summed E-state index contributed by atoms with van der Waals surface area (Å²) < 4.78 is 98.8. The normalized spacial score (nSPS) is 16.3. The summed E-state index contributed by atoms with van der Waals surface area (Å²) in [5.41, 5.74) is -2.96. The minimum absolute atomic E-state index is 0.00474. The Bertz CT molecular complexity index is 1490. The van der Waals surface area contributed by atoms with Crippen molar-refractivity contribution in [1.82, 2.24) is 23.5 Å². The summed E-state index contributed by atoms with van der Waals surface area (Å²) in [6.45, 7) is 3.52. The summed E-state index contributed by atoms with van der Waals surface area (Å²) in [4.78, 5) is 34.4. The van der Waals surface area contributed by atoms with E-state index in [-0.39, 0.29) is 57.2 Å². The van der Waals surface area contributed by atoms with E-state index in [1.54, 1.807) is 17.0 Å². The van der Waals surface area contributed by atoms with Gasteiger partial charge in [-0.05, 0) is 35.9 Å². The van der Waals surface area contributed by atoms with Gasteiger partial charge in [0.15, 0.2) is 0 Å². The smallest absolute Gasteiger partial charge is 0.416 e. The predicted molar refractivity (Wildman–Crippen MR) is 154 cm³/mol. The van der Waals surface area contributed by atoms with Crippen LogP contribution < -0.4 is 20.3 Å². The zero-order chi connectivity index (χ0) is 32.9. The molecule has 12 nitrogen and oxygen atoms in total. The molecule has 0 atom stereocenters. The zero-order valence-corrected chi connectivity index (χ0v) is 24.8. The Balaban J connectivity index is 1.14. The van der Waals surface area contributed by atoms with Gasteiger partial charge in [0.1, 0.15) is 12.4 Å². The molecular formula is C27H28F6N8O4S. The maximum Gasteiger partial charge on any atom is 0.416 e. The minimum atomic E-state index is -5.04. The molecule has 248 valence electrons. The number of anilines is 3. The number of aromatic nitrogens is 3. The van der Waals surface area contributed by atoms with Crippen molar-refractivity contribution in [2.24, 2.45) is 0 Å². The third-order valence-corrected chi connectivity index (χ3v) is 7.59. The van der Waals surface area contributed by atoms with Gasteiger partial charge < -0.3 is 29.9 Å². The lowest BCUT2D eigenvalue weighted by atomic mass is 10.1. The fraction of sp³-hybridized carbons (Fsp3) is 0.444. The second-order valence-corrected chi connectivity index (χ2v) is 10.9. The van der Waals surface area contributed by atoms with Crippen LogP contribution in [-0.4, -0.2) is 94.5 Å². The second-order valence-electron chi connectivity index (χ2n) is 10.4. The number of nitrogens with zero attached hydrogens (tertiary/aromatic N) is 6. The molecule has 4 heterocycles. The number of morpholine rings is 1. The standard InChI is InChI=1S/C27H28F6N8O4S/c28-26(29,30)18-12-19(27(31,32)33)14-20(13-18)35-25(43)41-5-3-40(4-6-41)23-24(38-46-37-23)45-16-17-1-2-34-21(11-17)36-22(42)15-39-7-9-44-10-8-39/h1-2,11-14H,3-10,15-16H2,(H,35,43)(H,34,36,42). The van der Waals surface area contributed by atoms with Crippen molar-refractivity contribution in [2.75, 3.05) is 74.6 Å². The molecule has 2 saturated heterocycles. The quantitative estimate of drug-likeness (QED) is 0.339. The summed E-state index contributed by atoms with van der Waals surface area (Å²) in [6, 6.07) is 3.46. The molecule has 2 fully saturated rings. The number of hydrogen-bond donors (Lipinski definition) is 2. The average molecular weight is 675 g/mol. The van der Waals surface area contributed by atoms with E-state index in [2.05, 4.69) is 24.4 Å². The number of ether oxygens (including phenoxy) is 2. The van der Waals surface area contributed by atoms with Gasteiger partial charge >= 0.3 is 18.4 Å².